The first-order valence-corrected chi connectivity index (χ1v) is 11.4. The summed E-state index contributed by atoms with van der Waals surface area (Å²) in [6.45, 7) is 0.250. The molecule has 0 aliphatic carbocycles. The van der Waals surface area contributed by atoms with E-state index in [0.29, 0.717) is 22.2 Å². The maximum atomic E-state index is 14.0. The van der Waals surface area contributed by atoms with Gasteiger partial charge in [-0.05, 0) is 42.0 Å². The summed E-state index contributed by atoms with van der Waals surface area (Å²) in [5.41, 5.74) is 2.18. The summed E-state index contributed by atoms with van der Waals surface area (Å²) in [5.74, 6) is -0.137. The first-order valence-electron chi connectivity index (χ1n) is 10.4. The summed E-state index contributed by atoms with van der Waals surface area (Å²) in [5, 5.41) is 9.11. The van der Waals surface area contributed by atoms with Crippen LogP contribution in [0.4, 0.5) is 8.78 Å². The number of methoxy groups -OCH3 is 1. The van der Waals surface area contributed by atoms with Crippen molar-refractivity contribution in [2.45, 2.75) is 11.7 Å². The smallest absolute Gasteiger partial charge is 0.233 e. The third-order valence-electron chi connectivity index (χ3n) is 5.14. The molecule has 0 aliphatic heterocycles. The molecule has 0 aliphatic rings. The minimum atomic E-state index is -0.476. The van der Waals surface area contributed by atoms with Gasteiger partial charge in [0, 0.05) is 24.8 Å². The fourth-order valence-corrected chi connectivity index (χ4v) is 4.26. The number of carbonyl (C=O) groups is 1. The van der Waals surface area contributed by atoms with Crippen LogP contribution in [0.2, 0.25) is 0 Å². The third-order valence-corrected chi connectivity index (χ3v) is 6.05. The van der Waals surface area contributed by atoms with Gasteiger partial charge in [-0.3, -0.25) is 9.36 Å². The average molecular weight is 481 g/mol. The lowest BCUT2D eigenvalue weighted by atomic mass is 10.2. The van der Waals surface area contributed by atoms with Gasteiger partial charge in [0.1, 0.15) is 5.82 Å². The molecule has 0 saturated carbocycles. The summed E-state index contributed by atoms with van der Waals surface area (Å²) in [4.78, 5) is 14.3. The fraction of sp³-hybridized carbons (Fsp3) is 0.160. The Morgan fingerprint density at radius 2 is 1.76 bits per heavy atom. The minimum absolute atomic E-state index is 0.100. The van der Waals surface area contributed by atoms with Crippen molar-refractivity contribution in [3.05, 3.63) is 90.0 Å². The molecule has 3 aromatic carbocycles. The third kappa shape index (κ3) is 5.26. The van der Waals surface area contributed by atoms with Crippen LogP contribution in [0.3, 0.4) is 0 Å². The molecule has 34 heavy (non-hydrogen) atoms. The summed E-state index contributed by atoms with van der Waals surface area (Å²) in [6, 6.07) is 20.1. The molecule has 0 fully saturated rings. The number of rotatable bonds is 8. The Morgan fingerprint density at radius 3 is 2.44 bits per heavy atom. The van der Waals surface area contributed by atoms with Crippen molar-refractivity contribution < 1.29 is 18.3 Å². The van der Waals surface area contributed by atoms with Gasteiger partial charge in [-0.2, -0.15) is 0 Å². The van der Waals surface area contributed by atoms with Gasteiger partial charge >= 0.3 is 0 Å². The predicted octanol–water partition coefficient (Wildman–Crippen LogP) is 4.97. The van der Waals surface area contributed by atoms with E-state index in [1.165, 1.54) is 48.0 Å². The van der Waals surface area contributed by atoms with E-state index in [0.717, 1.165) is 5.56 Å². The molecule has 0 saturated heterocycles. The second-order valence-corrected chi connectivity index (χ2v) is 8.43. The van der Waals surface area contributed by atoms with Crippen LogP contribution in [0, 0.1) is 11.6 Å². The number of hydrogen-bond acceptors (Lipinski definition) is 5. The summed E-state index contributed by atoms with van der Waals surface area (Å²) in [7, 11) is 3.06. The monoisotopic (exact) mass is 480 g/mol. The molecule has 1 amide bonds. The van der Waals surface area contributed by atoms with Crippen LogP contribution in [-0.4, -0.2) is 45.5 Å². The molecule has 0 atom stereocenters. The highest BCUT2D eigenvalue weighted by molar-refractivity contribution is 7.99. The second-order valence-electron chi connectivity index (χ2n) is 7.49. The fourth-order valence-electron chi connectivity index (χ4n) is 3.37. The highest BCUT2D eigenvalue weighted by atomic mass is 32.2. The molecule has 0 bridgehead atoms. The molecular formula is C25H22F2N4O2S. The summed E-state index contributed by atoms with van der Waals surface area (Å²) in [6.07, 6.45) is 0. The van der Waals surface area contributed by atoms with Gasteiger partial charge in [0.2, 0.25) is 5.91 Å². The second kappa shape index (κ2) is 10.5. The Morgan fingerprint density at radius 1 is 1.03 bits per heavy atom. The summed E-state index contributed by atoms with van der Waals surface area (Å²) >= 11 is 1.23. The van der Waals surface area contributed by atoms with Gasteiger partial charge in [-0.25, -0.2) is 8.78 Å². The normalized spacial score (nSPS) is 10.8. The van der Waals surface area contributed by atoms with Crippen LogP contribution >= 0.6 is 11.8 Å². The molecule has 1 heterocycles. The number of benzene rings is 3. The Hall–Kier alpha value is -3.72. The molecule has 0 radical (unpaired) electrons. The van der Waals surface area contributed by atoms with Crippen LogP contribution in [-0.2, 0) is 11.3 Å². The summed E-state index contributed by atoms with van der Waals surface area (Å²) < 4.78 is 34.2. The van der Waals surface area contributed by atoms with Crippen LogP contribution in [0.15, 0.2) is 78.0 Å². The highest BCUT2D eigenvalue weighted by Gasteiger charge is 2.19. The van der Waals surface area contributed by atoms with Crippen LogP contribution in [0.5, 0.6) is 5.75 Å². The van der Waals surface area contributed by atoms with Crippen molar-refractivity contribution in [3.63, 3.8) is 0 Å². The van der Waals surface area contributed by atoms with Crippen LogP contribution < -0.4 is 4.74 Å². The number of thioether (sulfide) groups is 1. The molecule has 0 N–H and O–H groups in total. The van der Waals surface area contributed by atoms with Gasteiger partial charge in [0.25, 0.3) is 0 Å². The van der Waals surface area contributed by atoms with E-state index >= 15 is 0 Å². The molecule has 4 aromatic rings. The van der Waals surface area contributed by atoms with Gasteiger partial charge in [-0.1, -0.05) is 48.2 Å². The zero-order valence-electron chi connectivity index (χ0n) is 18.6. The maximum absolute atomic E-state index is 14.0. The first-order chi connectivity index (χ1) is 16.5. The number of hydrogen-bond donors (Lipinski definition) is 0. The standard InChI is InChI=1S/C25H22F2N4O2S/c1-30(15-17-8-13-22(33-2)21(27)14-17)23(32)16-34-25-29-28-24(18-6-4-3-5-7-18)31(25)20-11-9-19(26)10-12-20/h3-14H,15-16H2,1-2H3. The number of carbonyl (C=O) groups excluding carboxylic acids is 1. The van der Waals surface area contributed by atoms with E-state index in [1.807, 2.05) is 30.3 Å². The molecule has 9 heteroatoms. The zero-order chi connectivity index (χ0) is 24.1. The van der Waals surface area contributed by atoms with Crippen molar-refractivity contribution in [3.8, 4) is 22.8 Å². The Kier molecular flexibility index (Phi) is 7.22. The van der Waals surface area contributed by atoms with Crippen molar-refractivity contribution in [2.75, 3.05) is 19.9 Å². The first kappa shape index (κ1) is 23.4. The number of aromatic nitrogens is 3. The topological polar surface area (TPSA) is 60.2 Å². The van der Waals surface area contributed by atoms with Crippen molar-refractivity contribution in [1.29, 1.82) is 0 Å². The Labute approximate surface area is 200 Å². The van der Waals surface area contributed by atoms with Crippen LogP contribution in [0.25, 0.3) is 17.1 Å². The number of amides is 1. The van der Waals surface area contributed by atoms with E-state index in [1.54, 1.807) is 29.8 Å². The number of ether oxygens (including phenoxy) is 1. The Balaban J connectivity index is 1.52. The van der Waals surface area contributed by atoms with E-state index in [-0.39, 0.29) is 29.8 Å². The van der Waals surface area contributed by atoms with E-state index in [9.17, 15) is 13.6 Å². The van der Waals surface area contributed by atoms with Crippen molar-refractivity contribution >= 4 is 17.7 Å². The van der Waals surface area contributed by atoms with E-state index in [4.69, 9.17) is 4.74 Å². The van der Waals surface area contributed by atoms with Crippen molar-refractivity contribution in [2.24, 2.45) is 0 Å². The number of nitrogens with zero attached hydrogens (tertiary/aromatic N) is 4. The lowest BCUT2D eigenvalue weighted by Gasteiger charge is -2.17. The molecule has 1 aromatic heterocycles. The number of halogens is 2. The maximum Gasteiger partial charge on any atom is 0.233 e. The van der Waals surface area contributed by atoms with E-state index < -0.39 is 5.82 Å². The SMILES string of the molecule is COc1ccc(CN(C)C(=O)CSc2nnc(-c3ccccc3)n2-c2ccc(F)cc2)cc1F. The zero-order valence-corrected chi connectivity index (χ0v) is 19.4. The van der Waals surface area contributed by atoms with Gasteiger partial charge in [0.15, 0.2) is 22.5 Å². The van der Waals surface area contributed by atoms with Gasteiger partial charge in [0.05, 0.1) is 12.9 Å². The Bertz CT molecular complexity index is 1280. The van der Waals surface area contributed by atoms with Crippen LogP contribution in [0.1, 0.15) is 5.56 Å². The quantitative estimate of drug-likeness (QED) is 0.333. The largest absolute Gasteiger partial charge is 0.494 e. The molecule has 6 nitrogen and oxygen atoms in total. The molecule has 0 unspecified atom stereocenters. The van der Waals surface area contributed by atoms with Gasteiger partial charge < -0.3 is 9.64 Å². The molecule has 4 rings (SSSR count). The molecular weight excluding hydrogens is 458 g/mol. The highest BCUT2D eigenvalue weighted by Crippen LogP contribution is 2.28. The lowest BCUT2D eigenvalue weighted by molar-refractivity contribution is -0.127. The predicted molar refractivity (Wildman–Crippen MR) is 127 cm³/mol. The van der Waals surface area contributed by atoms with Gasteiger partial charge in [-0.15, -0.1) is 10.2 Å². The lowest BCUT2D eigenvalue weighted by Crippen LogP contribution is -2.28. The molecule has 0 spiro atoms. The average Bonchev–Trinajstić information content (AvgIpc) is 3.27. The molecule has 174 valence electrons. The van der Waals surface area contributed by atoms with Crippen molar-refractivity contribution in [1.82, 2.24) is 19.7 Å². The minimum Gasteiger partial charge on any atom is -0.494 e. The van der Waals surface area contributed by atoms with E-state index in [2.05, 4.69) is 10.2 Å².